The summed E-state index contributed by atoms with van der Waals surface area (Å²) < 4.78 is 16.2. The molecule has 0 radical (unpaired) electrons. The van der Waals surface area contributed by atoms with Gasteiger partial charge in [0.2, 0.25) is 0 Å². The van der Waals surface area contributed by atoms with Crippen LogP contribution < -0.4 is 0 Å². The van der Waals surface area contributed by atoms with E-state index >= 15 is 0 Å². The fraction of sp³-hybridized carbons (Fsp3) is 0.846. The predicted molar refractivity (Wildman–Crippen MR) is 68.5 cm³/mol. The lowest BCUT2D eigenvalue weighted by atomic mass is 10.00. The maximum absolute atomic E-state index is 12.3. The van der Waals surface area contributed by atoms with Crippen molar-refractivity contribution >= 4 is 12.1 Å². The van der Waals surface area contributed by atoms with Gasteiger partial charge in [0.25, 0.3) is 0 Å². The second-order valence-corrected chi connectivity index (χ2v) is 6.04. The van der Waals surface area contributed by atoms with Crippen LogP contribution >= 0.6 is 0 Å². The third kappa shape index (κ3) is 3.21. The summed E-state index contributed by atoms with van der Waals surface area (Å²) in [4.78, 5) is 25.0. The van der Waals surface area contributed by atoms with Crippen molar-refractivity contribution in [2.24, 2.45) is 0 Å². The van der Waals surface area contributed by atoms with Crippen molar-refractivity contribution in [1.82, 2.24) is 4.90 Å². The number of morpholine rings is 1. The van der Waals surface area contributed by atoms with Gasteiger partial charge in [0, 0.05) is 6.61 Å². The summed E-state index contributed by atoms with van der Waals surface area (Å²) in [6.45, 7) is 6.07. The van der Waals surface area contributed by atoms with E-state index in [9.17, 15) is 14.7 Å². The summed E-state index contributed by atoms with van der Waals surface area (Å²) in [5.41, 5.74) is -0.668. The Bertz CT molecular complexity index is 391. The number of carboxylic acid groups (broad SMARTS) is 1. The third-order valence-corrected chi connectivity index (χ3v) is 3.32. The third-order valence-electron chi connectivity index (χ3n) is 3.32. The van der Waals surface area contributed by atoms with Gasteiger partial charge >= 0.3 is 12.1 Å². The maximum Gasteiger partial charge on any atom is 0.411 e. The van der Waals surface area contributed by atoms with E-state index < -0.39 is 23.7 Å². The highest BCUT2D eigenvalue weighted by Crippen LogP contribution is 2.27. The maximum atomic E-state index is 12.3. The standard InChI is InChI=1S/C13H21NO6/c1-13(2,3)20-12(17)14-8-4-5-18-7-10(8)19-6-9(14)11(15)16/h8-10H,4-7H2,1-3H3,(H,15,16)/t8-,9?,10+/m0/s1. The van der Waals surface area contributed by atoms with Crippen LogP contribution in [0.2, 0.25) is 0 Å². The Hall–Kier alpha value is -1.34. The molecule has 0 spiro atoms. The van der Waals surface area contributed by atoms with Crippen LogP contribution in [0.5, 0.6) is 0 Å². The Labute approximate surface area is 117 Å². The van der Waals surface area contributed by atoms with E-state index in [-0.39, 0.29) is 18.8 Å². The number of amides is 1. The van der Waals surface area contributed by atoms with Crippen molar-refractivity contribution in [3.63, 3.8) is 0 Å². The van der Waals surface area contributed by atoms with E-state index in [1.54, 1.807) is 20.8 Å². The molecule has 1 amide bonds. The molecule has 0 saturated carbocycles. The van der Waals surface area contributed by atoms with Gasteiger partial charge < -0.3 is 19.3 Å². The number of carbonyl (C=O) groups is 2. The summed E-state index contributed by atoms with van der Waals surface area (Å²) in [6.07, 6.45) is -0.342. The molecule has 2 fully saturated rings. The van der Waals surface area contributed by atoms with E-state index in [4.69, 9.17) is 14.2 Å². The monoisotopic (exact) mass is 287 g/mol. The first-order valence-electron chi connectivity index (χ1n) is 6.73. The summed E-state index contributed by atoms with van der Waals surface area (Å²) >= 11 is 0. The van der Waals surface area contributed by atoms with E-state index in [0.29, 0.717) is 19.6 Å². The average molecular weight is 287 g/mol. The average Bonchev–Trinajstić information content (AvgIpc) is 2.35. The fourth-order valence-corrected chi connectivity index (χ4v) is 2.47. The Kier molecular flexibility index (Phi) is 4.19. The number of carboxylic acids is 1. The minimum atomic E-state index is -1.08. The zero-order valence-corrected chi connectivity index (χ0v) is 12.0. The number of nitrogens with zero attached hydrogens (tertiary/aromatic N) is 1. The number of aliphatic carboxylic acids is 1. The lowest BCUT2D eigenvalue weighted by molar-refractivity contribution is -0.174. The molecule has 1 N–H and O–H groups in total. The molecule has 7 nitrogen and oxygen atoms in total. The summed E-state index contributed by atoms with van der Waals surface area (Å²) in [5, 5.41) is 9.29. The molecule has 7 heteroatoms. The molecule has 2 rings (SSSR count). The summed E-state index contributed by atoms with van der Waals surface area (Å²) in [7, 11) is 0. The topological polar surface area (TPSA) is 85.3 Å². The highest BCUT2D eigenvalue weighted by Gasteiger charge is 2.46. The van der Waals surface area contributed by atoms with Crippen molar-refractivity contribution in [3.05, 3.63) is 0 Å². The molecule has 2 aliphatic rings. The van der Waals surface area contributed by atoms with E-state index in [1.165, 1.54) is 4.90 Å². The van der Waals surface area contributed by atoms with E-state index in [0.717, 1.165) is 0 Å². The van der Waals surface area contributed by atoms with Crippen molar-refractivity contribution in [3.8, 4) is 0 Å². The van der Waals surface area contributed by atoms with Gasteiger partial charge in [-0.2, -0.15) is 0 Å². The Morgan fingerprint density at radius 3 is 2.60 bits per heavy atom. The highest BCUT2D eigenvalue weighted by atomic mass is 16.6. The van der Waals surface area contributed by atoms with Crippen LogP contribution in [0.3, 0.4) is 0 Å². The number of ether oxygens (including phenoxy) is 3. The minimum Gasteiger partial charge on any atom is -0.480 e. The van der Waals surface area contributed by atoms with Crippen molar-refractivity contribution < 1.29 is 28.9 Å². The molecule has 0 bridgehead atoms. The lowest BCUT2D eigenvalue weighted by Gasteiger charge is -2.46. The number of rotatable bonds is 1. The molecule has 3 atom stereocenters. The Morgan fingerprint density at radius 2 is 2.00 bits per heavy atom. The number of fused-ring (bicyclic) bond motifs is 1. The zero-order chi connectivity index (χ0) is 14.9. The van der Waals surface area contributed by atoms with E-state index in [1.807, 2.05) is 0 Å². The molecule has 0 aromatic rings. The Balaban J connectivity index is 2.20. The number of hydrogen-bond donors (Lipinski definition) is 1. The fourth-order valence-electron chi connectivity index (χ4n) is 2.47. The first kappa shape index (κ1) is 15.1. The van der Waals surface area contributed by atoms with Crippen LogP contribution in [0, 0.1) is 0 Å². The normalized spacial score (nSPS) is 30.6. The zero-order valence-electron chi connectivity index (χ0n) is 12.0. The van der Waals surface area contributed by atoms with Gasteiger partial charge in [0.1, 0.15) is 11.7 Å². The molecule has 0 aromatic heterocycles. The largest absolute Gasteiger partial charge is 0.480 e. The van der Waals surface area contributed by atoms with E-state index in [2.05, 4.69) is 0 Å². The molecule has 0 aliphatic carbocycles. The van der Waals surface area contributed by atoms with Crippen molar-refractivity contribution in [2.75, 3.05) is 19.8 Å². The van der Waals surface area contributed by atoms with Gasteiger partial charge in [-0.05, 0) is 27.2 Å². The minimum absolute atomic E-state index is 0.0426. The molecule has 2 saturated heterocycles. The van der Waals surface area contributed by atoms with Gasteiger partial charge in [-0.1, -0.05) is 0 Å². The number of carbonyl (C=O) groups excluding carboxylic acids is 1. The van der Waals surface area contributed by atoms with Crippen LogP contribution in [0.25, 0.3) is 0 Å². The molecule has 2 heterocycles. The molecular formula is C13H21NO6. The smallest absolute Gasteiger partial charge is 0.411 e. The SMILES string of the molecule is CC(C)(C)OC(=O)N1C(C(=O)O)CO[C@@H]2COCC[C@@H]21. The Morgan fingerprint density at radius 1 is 1.30 bits per heavy atom. The van der Waals surface area contributed by atoms with Gasteiger partial charge in [0.15, 0.2) is 6.04 Å². The first-order valence-corrected chi connectivity index (χ1v) is 6.73. The van der Waals surface area contributed by atoms with Crippen LogP contribution in [0.15, 0.2) is 0 Å². The summed E-state index contributed by atoms with van der Waals surface area (Å²) in [6, 6.07) is -1.32. The van der Waals surface area contributed by atoms with Crippen LogP contribution in [-0.2, 0) is 19.0 Å². The predicted octanol–water partition coefficient (Wildman–Crippen LogP) is 0.864. The van der Waals surface area contributed by atoms with Gasteiger partial charge in [-0.3, -0.25) is 4.90 Å². The van der Waals surface area contributed by atoms with Crippen molar-refractivity contribution in [2.45, 2.75) is 51.0 Å². The molecule has 2 aliphatic heterocycles. The van der Waals surface area contributed by atoms with Gasteiger partial charge in [0.05, 0.1) is 19.3 Å². The molecule has 114 valence electrons. The van der Waals surface area contributed by atoms with Gasteiger partial charge in [-0.25, -0.2) is 9.59 Å². The lowest BCUT2D eigenvalue weighted by Crippen LogP contribution is -2.64. The summed E-state index contributed by atoms with van der Waals surface area (Å²) in [5.74, 6) is -1.08. The second-order valence-electron chi connectivity index (χ2n) is 6.04. The molecule has 0 aromatic carbocycles. The van der Waals surface area contributed by atoms with Crippen LogP contribution in [0.4, 0.5) is 4.79 Å². The molecular weight excluding hydrogens is 266 g/mol. The van der Waals surface area contributed by atoms with Gasteiger partial charge in [-0.15, -0.1) is 0 Å². The second kappa shape index (κ2) is 5.57. The molecule has 20 heavy (non-hydrogen) atoms. The van der Waals surface area contributed by atoms with Crippen LogP contribution in [0.1, 0.15) is 27.2 Å². The van der Waals surface area contributed by atoms with Crippen molar-refractivity contribution in [1.29, 1.82) is 0 Å². The molecule has 1 unspecified atom stereocenters. The first-order chi connectivity index (χ1) is 9.29. The highest BCUT2D eigenvalue weighted by molar-refractivity contribution is 5.81. The quantitative estimate of drug-likeness (QED) is 0.770. The number of hydrogen-bond acceptors (Lipinski definition) is 5. The van der Waals surface area contributed by atoms with Crippen LogP contribution in [-0.4, -0.2) is 65.7 Å².